The Morgan fingerprint density at radius 1 is 1.30 bits per heavy atom. The highest BCUT2D eigenvalue weighted by atomic mass is 32.2. The highest BCUT2D eigenvalue weighted by molar-refractivity contribution is 7.82. The van der Waals surface area contributed by atoms with Gasteiger partial charge in [-0.2, -0.15) is 0 Å². The Kier molecular flexibility index (Phi) is 5.30. The van der Waals surface area contributed by atoms with Crippen LogP contribution in [0, 0.1) is 0 Å². The molecule has 0 spiro atoms. The van der Waals surface area contributed by atoms with E-state index in [0.717, 1.165) is 42.4 Å². The molecule has 1 atom stereocenters. The first-order valence-electron chi connectivity index (χ1n) is 6.75. The van der Waals surface area contributed by atoms with Crippen LogP contribution in [-0.2, 0) is 21.5 Å². The van der Waals surface area contributed by atoms with Gasteiger partial charge < -0.3 is 0 Å². The fraction of sp³-hybridized carbons (Fsp3) is 0.312. The average Bonchev–Trinajstić information content (AvgIpc) is 2.88. The molecular formula is C16H19NO2S. The van der Waals surface area contributed by atoms with Gasteiger partial charge in [0.05, 0.1) is 5.75 Å². The van der Waals surface area contributed by atoms with Crippen molar-refractivity contribution >= 4 is 16.9 Å². The SMILES string of the molecule is C=CCC1=C(C(=O)NS(=O)Cc2ccccc2)CCC1. The van der Waals surface area contributed by atoms with E-state index in [4.69, 9.17) is 0 Å². The normalized spacial score (nSPS) is 16.0. The molecule has 0 fully saturated rings. The van der Waals surface area contributed by atoms with Crippen LogP contribution >= 0.6 is 0 Å². The summed E-state index contributed by atoms with van der Waals surface area (Å²) < 4.78 is 14.6. The third-order valence-electron chi connectivity index (χ3n) is 3.34. The molecule has 1 aromatic carbocycles. The molecule has 0 aromatic heterocycles. The Balaban J connectivity index is 1.96. The van der Waals surface area contributed by atoms with Crippen LogP contribution in [0.5, 0.6) is 0 Å². The summed E-state index contributed by atoms with van der Waals surface area (Å²) >= 11 is 0. The number of rotatable bonds is 6. The van der Waals surface area contributed by atoms with Gasteiger partial charge in [-0.15, -0.1) is 6.58 Å². The van der Waals surface area contributed by atoms with E-state index in [0.29, 0.717) is 5.75 Å². The summed E-state index contributed by atoms with van der Waals surface area (Å²) in [5, 5.41) is 0. The van der Waals surface area contributed by atoms with Crippen molar-refractivity contribution in [2.24, 2.45) is 0 Å². The van der Waals surface area contributed by atoms with Crippen LogP contribution in [0.15, 0.2) is 54.1 Å². The standard InChI is InChI=1S/C16H19NO2S/c1-2-7-14-10-6-11-15(14)16(18)17-20(19)12-13-8-4-3-5-9-13/h2-5,8-9H,1,6-7,10-12H2,(H,17,18). The van der Waals surface area contributed by atoms with E-state index in [9.17, 15) is 9.00 Å². The molecule has 0 saturated carbocycles. The van der Waals surface area contributed by atoms with E-state index in [1.165, 1.54) is 0 Å². The molecule has 2 rings (SSSR count). The van der Waals surface area contributed by atoms with Crippen molar-refractivity contribution in [1.82, 2.24) is 4.72 Å². The van der Waals surface area contributed by atoms with Crippen LogP contribution in [-0.4, -0.2) is 10.1 Å². The molecule has 1 amide bonds. The van der Waals surface area contributed by atoms with Gasteiger partial charge in [0.2, 0.25) is 0 Å². The number of carbonyl (C=O) groups excluding carboxylic acids is 1. The smallest absolute Gasteiger partial charge is 0.258 e. The quantitative estimate of drug-likeness (QED) is 0.818. The van der Waals surface area contributed by atoms with Crippen molar-refractivity contribution in [3.63, 3.8) is 0 Å². The summed E-state index contributed by atoms with van der Waals surface area (Å²) in [4.78, 5) is 12.1. The van der Waals surface area contributed by atoms with E-state index in [2.05, 4.69) is 11.3 Å². The zero-order valence-corrected chi connectivity index (χ0v) is 12.2. The molecule has 0 aliphatic heterocycles. The molecule has 4 heteroatoms. The number of benzene rings is 1. The predicted octanol–water partition coefficient (Wildman–Crippen LogP) is 3.02. The first kappa shape index (κ1) is 14.7. The number of nitrogens with one attached hydrogen (secondary N) is 1. The Hall–Kier alpha value is -1.68. The number of amides is 1. The summed E-state index contributed by atoms with van der Waals surface area (Å²) in [6.45, 7) is 3.71. The van der Waals surface area contributed by atoms with Crippen LogP contribution in [0.25, 0.3) is 0 Å². The molecule has 0 saturated heterocycles. The summed E-state index contributed by atoms with van der Waals surface area (Å²) in [6.07, 6.45) is 5.28. The third kappa shape index (κ3) is 3.90. The fourth-order valence-electron chi connectivity index (χ4n) is 2.41. The van der Waals surface area contributed by atoms with Crippen molar-refractivity contribution in [2.75, 3.05) is 0 Å². The zero-order valence-electron chi connectivity index (χ0n) is 11.4. The van der Waals surface area contributed by atoms with Crippen molar-refractivity contribution in [3.8, 4) is 0 Å². The molecular weight excluding hydrogens is 270 g/mol. The van der Waals surface area contributed by atoms with Crippen LogP contribution in [0.1, 0.15) is 31.2 Å². The van der Waals surface area contributed by atoms with Gasteiger partial charge in [-0.25, -0.2) is 4.21 Å². The van der Waals surface area contributed by atoms with Gasteiger partial charge in [0.1, 0.15) is 11.0 Å². The van der Waals surface area contributed by atoms with Gasteiger partial charge in [-0.1, -0.05) is 42.0 Å². The molecule has 106 valence electrons. The Morgan fingerprint density at radius 3 is 2.75 bits per heavy atom. The zero-order chi connectivity index (χ0) is 14.4. The number of hydrogen-bond acceptors (Lipinski definition) is 2. The summed E-state index contributed by atoms with van der Waals surface area (Å²) in [5.41, 5.74) is 2.89. The minimum absolute atomic E-state index is 0.186. The number of hydrogen-bond donors (Lipinski definition) is 1. The monoisotopic (exact) mass is 289 g/mol. The van der Waals surface area contributed by atoms with Crippen molar-refractivity contribution in [2.45, 2.75) is 31.4 Å². The lowest BCUT2D eigenvalue weighted by Crippen LogP contribution is -2.28. The predicted molar refractivity (Wildman–Crippen MR) is 82.1 cm³/mol. The lowest BCUT2D eigenvalue weighted by atomic mass is 10.1. The minimum Gasteiger partial charge on any atom is -0.271 e. The summed E-state index contributed by atoms with van der Waals surface area (Å²) in [7, 11) is -1.38. The lowest BCUT2D eigenvalue weighted by Gasteiger charge is -2.07. The molecule has 1 N–H and O–H groups in total. The third-order valence-corrected chi connectivity index (χ3v) is 4.35. The highest BCUT2D eigenvalue weighted by Gasteiger charge is 2.21. The van der Waals surface area contributed by atoms with Crippen LogP contribution in [0.4, 0.5) is 0 Å². The molecule has 3 nitrogen and oxygen atoms in total. The summed E-state index contributed by atoms with van der Waals surface area (Å²) in [6, 6.07) is 9.52. The first-order valence-corrected chi connectivity index (χ1v) is 8.07. The van der Waals surface area contributed by atoms with Gasteiger partial charge in [0, 0.05) is 5.57 Å². The molecule has 1 unspecified atom stereocenters. The minimum atomic E-state index is -1.38. The van der Waals surface area contributed by atoms with Gasteiger partial charge in [-0.05, 0) is 31.2 Å². The molecule has 1 aliphatic carbocycles. The van der Waals surface area contributed by atoms with Crippen LogP contribution in [0.3, 0.4) is 0 Å². The van der Waals surface area contributed by atoms with Gasteiger partial charge in [-0.3, -0.25) is 9.52 Å². The molecule has 0 radical (unpaired) electrons. The topological polar surface area (TPSA) is 46.2 Å². The highest BCUT2D eigenvalue weighted by Crippen LogP contribution is 2.28. The van der Waals surface area contributed by atoms with Gasteiger partial charge >= 0.3 is 0 Å². The maximum atomic E-state index is 12.1. The first-order chi connectivity index (χ1) is 9.70. The molecule has 0 heterocycles. The molecule has 1 aliphatic rings. The van der Waals surface area contributed by atoms with Gasteiger partial charge in [0.15, 0.2) is 0 Å². The van der Waals surface area contributed by atoms with Crippen LogP contribution in [0.2, 0.25) is 0 Å². The number of carbonyl (C=O) groups is 1. The Morgan fingerprint density at radius 2 is 2.05 bits per heavy atom. The Labute approximate surface area is 122 Å². The largest absolute Gasteiger partial charge is 0.271 e. The summed E-state index contributed by atoms with van der Waals surface area (Å²) in [5.74, 6) is 0.157. The van der Waals surface area contributed by atoms with Crippen molar-refractivity contribution in [1.29, 1.82) is 0 Å². The molecule has 1 aromatic rings. The van der Waals surface area contributed by atoms with Crippen molar-refractivity contribution < 1.29 is 9.00 Å². The average molecular weight is 289 g/mol. The van der Waals surface area contributed by atoms with Crippen LogP contribution < -0.4 is 4.72 Å². The Bertz CT molecular complexity index is 549. The van der Waals surface area contributed by atoms with E-state index < -0.39 is 11.0 Å². The number of allylic oxidation sites excluding steroid dienone is 2. The maximum absolute atomic E-state index is 12.1. The van der Waals surface area contributed by atoms with Gasteiger partial charge in [0.25, 0.3) is 5.91 Å². The second-order valence-electron chi connectivity index (χ2n) is 4.84. The molecule has 20 heavy (non-hydrogen) atoms. The van der Waals surface area contributed by atoms with E-state index in [1.807, 2.05) is 36.4 Å². The van der Waals surface area contributed by atoms with E-state index >= 15 is 0 Å². The van der Waals surface area contributed by atoms with E-state index in [-0.39, 0.29) is 5.91 Å². The second-order valence-corrected chi connectivity index (χ2v) is 6.02. The second kappa shape index (κ2) is 7.20. The van der Waals surface area contributed by atoms with Crippen molar-refractivity contribution in [3.05, 3.63) is 59.7 Å². The fourth-order valence-corrected chi connectivity index (χ4v) is 3.30. The van der Waals surface area contributed by atoms with E-state index in [1.54, 1.807) is 0 Å². The maximum Gasteiger partial charge on any atom is 0.258 e. The molecule has 0 bridgehead atoms. The lowest BCUT2D eigenvalue weighted by molar-refractivity contribution is -0.115.